The van der Waals surface area contributed by atoms with Crippen molar-refractivity contribution in [1.82, 2.24) is 9.77 Å². The average Bonchev–Trinajstić information content (AvgIpc) is 3.02. The van der Waals surface area contributed by atoms with Gasteiger partial charge in [-0.15, -0.1) is 14.2 Å². The Balaban J connectivity index is 0.00000261. The monoisotopic (exact) mass is 470 g/mol. The molecule has 0 aliphatic rings. The van der Waals surface area contributed by atoms with Crippen molar-refractivity contribution in [2.24, 2.45) is 0 Å². The van der Waals surface area contributed by atoms with Crippen molar-refractivity contribution < 1.29 is 34.9 Å². The van der Waals surface area contributed by atoms with Gasteiger partial charge in [0.15, 0.2) is 6.54 Å². The van der Waals surface area contributed by atoms with Crippen LogP contribution >= 0.6 is 11.6 Å². The number of nitrogens with zero attached hydrogens (tertiary/aromatic N) is 3. The van der Waals surface area contributed by atoms with E-state index in [-0.39, 0.29) is 34.2 Å². The third-order valence-electron chi connectivity index (χ3n) is 3.61. The Morgan fingerprint density at radius 1 is 1.15 bits per heavy atom. The zero-order valence-corrected chi connectivity index (χ0v) is 17.4. The van der Waals surface area contributed by atoms with Crippen LogP contribution in [0.3, 0.4) is 0 Å². The number of aromatic nitrogens is 3. The number of hydrogen-bond donors (Lipinski definition) is 1. The summed E-state index contributed by atoms with van der Waals surface area (Å²) in [7, 11) is -3.74. The van der Waals surface area contributed by atoms with Crippen LogP contribution in [0.1, 0.15) is 15.9 Å². The van der Waals surface area contributed by atoms with Crippen molar-refractivity contribution in [1.29, 1.82) is 0 Å². The summed E-state index contributed by atoms with van der Waals surface area (Å²) in [4.78, 5) is 14.7. The van der Waals surface area contributed by atoms with E-state index in [9.17, 15) is 13.2 Å². The predicted molar refractivity (Wildman–Crippen MR) is 95.9 cm³/mol. The summed E-state index contributed by atoms with van der Waals surface area (Å²) in [5, 5.41) is 4.54. The van der Waals surface area contributed by atoms with Gasteiger partial charge in [0.2, 0.25) is 12.1 Å². The number of Topliss-reactive ketones (excluding diaryl/α,β-unsaturated/α-hetero) is 1. The molecular formula is C17H16BrClN4O3S. The Morgan fingerprint density at radius 2 is 1.78 bits per heavy atom. The minimum atomic E-state index is -3.74. The van der Waals surface area contributed by atoms with Crippen LogP contribution in [-0.2, 0) is 16.6 Å². The number of halogens is 2. The number of aryl methyl sites for hydroxylation is 1. The van der Waals surface area contributed by atoms with Crippen molar-refractivity contribution in [3.8, 4) is 0 Å². The lowest BCUT2D eigenvalue weighted by Gasteiger charge is -2.03. The summed E-state index contributed by atoms with van der Waals surface area (Å²) in [5.74, 6) is -0.168. The first kappa shape index (κ1) is 21.1. The Morgan fingerprint density at radius 3 is 2.41 bits per heavy atom. The van der Waals surface area contributed by atoms with Crippen LogP contribution in [0.2, 0.25) is 5.02 Å². The van der Waals surface area contributed by atoms with Crippen molar-refractivity contribution in [3.05, 3.63) is 77.3 Å². The lowest BCUT2D eigenvalue weighted by atomic mass is 10.1. The SMILES string of the molecule is Cc1ccc(S(=O)(=O)Nn2cn[n+](CC(=O)c3ccc(Cl)cc3)c2)cc1.[Br-]. The summed E-state index contributed by atoms with van der Waals surface area (Å²) < 4.78 is 27.2. The van der Waals surface area contributed by atoms with E-state index in [1.54, 1.807) is 36.4 Å². The average molecular weight is 472 g/mol. The molecular weight excluding hydrogens is 456 g/mol. The molecule has 2 aromatic carbocycles. The van der Waals surface area contributed by atoms with Gasteiger partial charge in [-0.2, -0.15) is 8.42 Å². The molecule has 0 aliphatic carbocycles. The van der Waals surface area contributed by atoms with E-state index in [0.29, 0.717) is 10.6 Å². The van der Waals surface area contributed by atoms with Crippen molar-refractivity contribution in [2.75, 3.05) is 4.83 Å². The highest BCUT2D eigenvalue weighted by atomic mass is 79.9. The molecule has 0 aliphatic heterocycles. The Labute approximate surface area is 172 Å². The molecule has 3 aromatic rings. The first-order valence-corrected chi connectivity index (χ1v) is 9.51. The maximum absolute atomic E-state index is 12.3. The first-order valence-electron chi connectivity index (χ1n) is 7.65. The van der Waals surface area contributed by atoms with Gasteiger partial charge in [-0.3, -0.25) is 4.79 Å². The van der Waals surface area contributed by atoms with Crippen LogP contribution < -0.4 is 26.5 Å². The van der Waals surface area contributed by atoms with Gasteiger partial charge in [-0.05, 0) is 48.4 Å². The number of carbonyl (C=O) groups is 1. The number of sulfonamides is 1. The van der Waals surface area contributed by atoms with Gasteiger partial charge in [-0.1, -0.05) is 29.3 Å². The van der Waals surface area contributed by atoms with Crippen molar-refractivity contribution >= 4 is 27.4 Å². The van der Waals surface area contributed by atoms with E-state index in [4.69, 9.17) is 11.6 Å². The third kappa shape index (κ3) is 5.38. The fraction of sp³-hybridized carbons (Fsp3) is 0.118. The predicted octanol–water partition coefficient (Wildman–Crippen LogP) is -1.05. The molecule has 0 radical (unpaired) electrons. The zero-order chi connectivity index (χ0) is 18.7. The molecule has 7 nitrogen and oxygen atoms in total. The largest absolute Gasteiger partial charge is 1.00 e. The lowest BCUT2D eigenvalue weighted by molar-refractivity contribution is -0.739. The second-order valence-electron chi connectivity index (χ2n) is 5.69. The molecule has 142 valence electrons. The minimum absolute atomic E-state index is 0. The highest BCUT2D eigenvalue weighted by molar-refractivity contribution is 7.92. The molecule has 1 aromatic heterocycles. The number of benzene rings is 2. The first-order chi connectivity index (χ1) is 12.3. The highest BCUT2D eigenvalue weighted by Gasteiger charge is 2.19. The topological polar surface area (TPSA) is 84.9 Å². The van der Waals surface area contributed by atoms with Gasteiger partial charge in [0.05, 0.1) is 4.90 Å². The molecule has 0 bridgehead atoms. The van der Waals surface area contributed by atoms with Crippen LogP contribution in [0, 0.1) is 6.92 Å². The summed E-state index contributed by atoms with van der Waals surface area (Å²) in [6.45, 7) is 1.85. The van der Waals surface area contributed by atoms with Gasteiger partial charge in [-0.25, -0.2) is 0 Å². The lowest BCUT2D eigenvalue weighted by Crippen LogP contribution is -3.00. The fourth-order valence-electron chi connectivity index (χ4n) is 2.24. The maximum atomic E-state index is 12.3. The molecule has 0 amide bonds. The Hall–Kier alpha value is -2.23. The van der Waals surface area contributed by atoms with E-state index in [1.807, 2.05) is 6.92 Å². The molecule has 27 heavy (non-hydrogen) atoms. The van der Waals surface area contributed by atoms with E-state index in [0.717, 1.165) is 5.56 Å². The highest BCUT2D eigenvalue weighted by Crippen LogP contribution is 2.11. The molecule has 10 heteroatoms. The summed E-state index contributed by atoms with van der Waals surface area (Å²) in [6, 6.07) is 13.0. The smallest absolute Gasteiger partial charge is 0.290 e. The molecule has 1 heterocycles. The minimum Gasteiger partial charge on any atom is -1.00 e. The number of hydrogen-bond acceptors (Lipinski definition) is 4. The molecule has 1 N–H and O–H groups in total. The molecule has 0 unspecified atom stereocenters. The van der Waals surface area contributed by atoms with E-state index in [2.05, 4.69) is 9.93 Å². The van der Waals surface area contributed by atoms with Gasteiger partial charge >= 0.3 is 0 Å². The summed E-state index contributed by atoms with van der Waals surface area (Å²) >= 11 is 5.80. The summed E-state index contributed by atoms with van der Waals surface area (Å²) in [6.07, 6.45) is 2.67. The maximum Gasteiger partial charge on any atom is 0.290 e. The molecule has 3 rings (SSSR count). The van der Waals surface area contributed by atoms with E-state index >= 15 is 0 Å². The third-order valence-corrected chi connectivity index (χ3v) is 5.21. The van der Waals surface area contributed by atoms with Gasteiger partial charge in [0.1, 0.15) is 0 Å². The van der Waals surface area contributed by atoms with Crippen LogP contribution in [0.25, 0.3) is 0 Å². The number of nitrogens with one attached hydrogen (secondary N) is 1. The fourth-order valence-corrected chi connectivity index (χ4v) is 3.33. The molecule has 0 saturated heterocycles. The van der Waals surface area contributed by atoms with Crippen molar-refractivity contribution in [2.45, 2.75) is 18.4 Å². The van der Waals surface area contributed by atoms with Gasteiger partial charge in [0.25, 0.3) is 16.4 Å². The number of carbonyl (C=O) groups excluding carboxylic acids is 1. The van der Waals surface area contributed by atoms with Gasteiger partial charge in [0, 0.05) is 10.6 Å². The van der Waals surface area contributed by atoms with E-state index < -0.39 is 10.0 Å². The van der Waals surface area contributed by atoms with Crippen LogP contribution in [0.15, 0.2) is 66.1 Å². The Kier molecular flexibility index (Phi) is 6.74. The van der Waals surface area contributed by atoms with Crippen LogP contribution in [-0.4, -0.2) is 24.0 Å². The standard InChI is InChI=1S/C17H16ClN4O3S.BrH/c1-13-2-8-16(9-3-13)26(24,25)20-22-11-19-21(12-22)10-17(23)14-4-6-15(18)7-5-14;/h2-9,11-12,20H,10H2,1H3;1H/q+1;/p-1. The Bertz CT molecular complexity index is 1030. The quantitative estimate of drug-likeness (QED) is 0.367. The van der Waals surface area contributed by atoms with Crippen LogP contribution in [0.4, 0.5) is 0 Å². The molecule has 0 spiro atoms. The summed E-state index contributed by atoms with van der Waals surface area (Å²) in [5.41, 5.74) is 1.46. The molecule has 0 atom stereocenters. The van der Waals surface area contributed by atoms with Crippen molar-refractivity contribution in [3.63, 3.8) is 0 Å². The second kappa shape index (κ2) is 8.64. The molecule has 0 fully saturated rings. The second-order valence-corrected chi connectivity index (χ2v) is 7.79. The van der Waals surface area contributed by atoms with E-state index in [1.165, 1.54) is 34.1 Å². The zero-order valence-electron chi connectivity index (χ0n) is 14.2. The number of rotatable bonds is 6. The number of ketones is 1. The molecule has 0 saturated carbocycles. The normalized spacial score (nSPS) is 10.9. The van der Waals surface area contributed by atoms with Gasteiger partial charge < -0.3 is 17.0 Å². The van der Waals surface area contributed by atoms with Crippen LogP contribution in [0.5, 0.6) is 0 Å².